The van der Waals surface area contributed by atoms with Crippen LogP contribution in [0.1, 0.15) is 33.5 Å². The highest BCUT2D eigenvalue weighted by Crippen LogP contribution is 2.15. The molecule has 102 valence electrons. The van der Waals surface area contributed by atoms with Crippen LogP contribution in [0, 0.1) is 5.92 Å². The number of aliphatic hydroxyl groups is 1. The van der Waals surface area contributed by atoms with Gasteiger partial charge in [-0.2, -0.15) is 0 Å². The molecule has 1 aromatic heterocycles. The van der Waals surface area contributed by atoms with Crippen molar-refractivity contribution in [3.63, 3.8) is 0 Å². The van der Waals surface area contributed by atoms with E-state index >= 15 is 0 Å². The van der Waals surface area contributed by atoms with Gasteiger partial charge in [-0.1, -0.05) is 13.8 Å². The Bertz CT molecular complexity index is 370. The van der Waals surface area contributed by atoms with Crippen molar-refractivity contribution < 1.29 is 5.11 Å². The zero-order valence-corrected chi connectivity index (χ0v) is 11.7. The molecule has 0 aliphatic heterocycles. The SMILES string of the molecule is CCNc1cc(NC(C)C(C)CO)nc(CC)n1. The average molecular weight is 252 g/mol. The Morgan fingerprint density at radius 3 is 2.44 bits per heavy atom. The fourth-order valence-corrected chi connectivity index (χ4v) is 1.53. The average Bonchev–Trinajstić information content (AvgIpc) is 2.37. The van der Waals surface area contributed by atoms with Crippen molar-refractivity contribution in [1.82, 2.24) is 9.97 Å². The summed E-state index contributed by atoms with van der Waals surface area (Å²) in [5.41, 5.74) is 0. The van der Waals surface area contributed by atoms with Crippen molar-refractivity contribution in [1.29, 1.82) is 0 Å². The molecular formula is C13H24N4O. The Balaban J connectivity index is 2.83. The standard InChI is InChI=1S/C13H24N4O/c1-5-11-16-12(14-6-2)7-13(17-11)15-10(4)9(3)8-18/h7,9-10,18H,5-6,8H2,1-4H3,(H2,14,15,16,17). The molecule has 1 heterocycles. The third-order valence-electron chi connectivity index (χ3n) is 2.96. The van der Waals surface area contributed by atoms with Crippen molar-refractivity contribution in [2.24, 2.45) is 5.92 Å². The van der Waals surface area contributed by atoms with Gasteiger partial charge in [-0.25, -0.2) is 9.97 Å². The molecule has 18 heavy (non-hydrogen) atoms. The van der Waals surface area contributed by atoms with E-state index < -0.39 is 0 Å². The van der Waals surface area contributed by atoms with Crippen molar-refractivity contribution in [3.8, 4) is 0 Å². The minimum atomic E-state index is 0.167. The van der Waals surface area contributed by atoms with Crippen molar-refractivity contribution >= 4 is 11.6 Å². The molecule has 5 nitrogen and oxygen atoms in total. The third kappa shape index (κ3) is 4.14. The molecule has 2 unspecified atom stereocenters. The first-order valence-electron chi connectivity index (χ1n) is 6.59. The molecule has 1 rings (SSSR count). The minimum Gasteiger partial charge on any atom is -0.396 e. The topological polar surface area (TPSA) is 70.1 Å². The van der Waals surface area contributed by atoms with Gasteiger partial charge >= 0.3 is 0 Å². The van der Waals surface area contributed by atoms with Crippen molar-refractivity contribution in [2.75, 3.05) is 23.8 Å². The van der Waals surface area contributed by atoms with E-state index in [2.05, 4.69) is 20.6 Å². The highest BCUT2D eigenvalue weighted by Gasteiger charge is 2.12. The summed E-state index contributed by atoms with van der Waals surface area (Å²) in [6, 6.07) is 2.08. The lowest BCUT2D eigenvalue weighted by molar-refractivity contribution is 0.226. The first kappa shape index (κ1) is 14.7. The maximum absolute atomic E-state index is 9.14. The number of anilines is 2. The van der Waals surface area contributed by atoms with Gasteiger partial charge in [-0.15, -0.1) is 0 Å². The number of aliphatic hydroxyl groups excluding tert-OH is 1. The van der Waals surface area contributed by atoms with Crippen molar-refractivity contribution in [2.45, 2.75) is 40.2 Å². The van der Waals surface area contributed by atoms with Gasteiger partial charge in [0.25, 0.3) is 0 Å². The highest BCUT2D eigenvalue weighted by atomic mass is 16.3. The lowest BCUT2D eigenvalue weighted by Crippen LogP contribution is -2.27. The third-order valence-corrected chi connectivity index (χ3v) is 2.96. The van der Waals surface area contributed by atoms with Gasteiger partial charge in [0.2, 0.25) is 0 Å². The summed E-state index contributed by atoms with van der Waals surface area (Å²) >= 11 is 0. The van der Waals surface area contributed by atoms with E-state index in [1.165, 1.54) is 0 Å². The fraction of sp³-hybridized carbons (Fsp3) is 0.692. The Hall–Kier alpha value is -1.36. The second kappa shape index (κ2) is 7.16. The van der Waals surface area contributed by atoms with E-state index in [0.717, 1.165) is 30.4 Å². The summed E-state index contributed by atoms with van der Waals surface area (Å²) in [5, 5.41) is 15.7. The van der Waals surface area contributed by atoms with E-state index in [1.54, 1.807) is 0 Å². The molecule has 5 heteroatoms. The fourth-order valence-electron chi connectivity index (χ4n) is 1.53. The molecule has 2 atom stereocenters. The molecule has 0 spiro atoms. The van der Waals surface area contributed by atoms with Gasteiger partial charge in [0, 0.05) is 31.7 Å². The molecule has 0 aliphatic carbocycles. The number of aromatic nitrogens is 2. The van der Waals surface area contributed by atoms with Gasteiger partial charge in [0.15, 0.2) is 0 Å². The smallest absolute Gasteiger partial charge is 0.132 e. The zero-order chi connectivity index (χ0) is 13.5. The Kier molecular flexibility index (Phi) is 5.85. The van der Waals surface area contributed by atoms with Crippen LogP contribution in [0.25, 0.3) is 0 Å². The Morgan fingerprint density at radius 1 is 1.22 bits per heavy atom. The molecule has 0 aliphatic rings. The van der Waals surface area contributed by atoms with Gasteiger partial charge in [0.1, 0.15) is 17.5 Å². The van der Waals surface area contributed by atoms with E-state index in [9.17, 15) is 0 Å². The molecule has 0 saturated carbocycles. The number of hydrogen-bond donors (Lipinski definition) is 3. The monoisotopic (exact) mass is 252 g/mol. The predicted molar refractivity (Wildman–Crippen MR) is 74.9 cm³/mol. The normalized spacial score (nSPS) is 14.1. The Labute approximate surface area is 109 Å². The molecule has 1 aromatic rings. The van der Waals surface area contributed by atoms with E-state index in [1.807, 2.05) is 33.8 Å². The molecule has 3 N–H and O–H groups in total. The van der Waals surface area contributed by atoms with Crippen molar-refractivity contribution in [3.05, 3.63) is 11.9 Å². The predicted octanol–water partition coefficient (Wildman–Crippen LogP) is 1.90. The Morgan fingerprint density at radius 2 is 1.89 bits per heavy atom. The summed E-state index contributed by atoms with van der Waals surface area (Å²) < 4.78 is 0. The van der Waals surface area contributed by atoms with E-state index in [-0.39, 0.29) is 18.6 Å². The van der Waals surface area contributed by atoms with Gasteiger partial charge in [0.05, 0.1) is 0 Å². The van der Waals surface area contributed by atoms with Gasteiger partial charge < -0.3 is 15.7 Å². The first-order valence-corrected chi connectivity index (χ1v) is 6.59. The maximum atomic E-state index is 9.14. The summed E-state index contributed by atoms with van der Waals surface area (Å²) in [4.78, 5) is 8.85. The number of aryl methyl sites for hydroxylation is 1. The van der Waals surface area contributed by atoms with E-state index in [0.29, 0.717) is 0 Å². The number of nitrogens with zero attached hydrogens (tertiary/aromatic N) is 2. The largest absolute Gasteiger partial charge is 0.396 e. The summed E-state index contributed by atoms with van der Waals surface area (Å²) in [5.74, 6) is 2.66. The van der Waals surface area contributed by atoms with Crippen LogP contribution in [0.3, 0.4) is 0 Å². The molecule has 0 fully saturated rings. The minimum absolute atomic E-state index is 0.167. The van der Waals surface area contributed by atoms with Crippen LogP contribution in [-0.4, -0.2) is 34.3 Å². The number of nitrogens with one attached hydrogen (secondary N) is 2. The van der Waals surface area contributed by atoms with Crippen LogP contribution in [0.5, 0.6) is 0 Å². The number of hydrogen-bond acceptors (Lipinski definition) is 5. The molecule has 0 radical (unpaired) electrons. The lowest BCUT2D eigenvalue weighted by Gasteiger charge is -2.20. The zero-order valence-electron chi connectivity index (χ0n) is 11.7. The maximum Gasteiger partial charge on any atom is 0.132 e. The van der Waals surface area contributed by atoms with Crippen LogP contribution in [0.2, 0.25) is 0 Å². The van der Waals surface area contributed by atoms with Crippen LogP contribution >= 0.6 is 0 Å². The van der Waals surface area contributed by atoms with Crippen LogP contribution in [0.15, 0.2) is 6.07 Å². The highest BCUT2D eigenvalue weighted by molar-refractivity contribution is 5.48. The molecule has 0 aromatic carbocycles. The molecular weight excluding hydrogens is 228 g/mol. The second-order valence-corrected chi connectivity index (χ2v) is 4.53. The summed E-state index contributed by atoms with van der Waals surface area (Å²) in [6.45, 7) is 9.13. The van der Waals surface area contributed by atoms with Crippen LogP contribution in [0.4, 0.5) is 11.6 Å². The molecule has 0 amide bonds. The first-order chi connectivity index (χ1) is 8.60. The van der Waals surface area contributed by atoms with Gasteiger partial charge in [-0.05, 0) is 19.8 Å². The molecule has 0 bridgehead atoms. The quantitative estimate of drug-likeness (QED) is 0.691. The van der Waals surface area contributed by atoms with Gasteiger partial charge in [-0.3, -0.25) is 0 Å². The van der Waals surface area contributed by atoms with Crippen LogP contribution in [-0.2, 0) is 6.42 Å². The lowest BCUT2D eigenvalue weighted by atomic mass is 10.1. The summed E-state index contributed by atoms with van der Waals surface area (Å²) in [6.07, 6.45) is 0.803. The molecule has 0 saturated heterocycles. The van der Waals surface area contributed by atoms with E-state index in [4.69, 9.17) is 5.11 Å². The number of rotatable bonds is 7. The van der Waals surface area contributed by atoms with Crippen LogP contribution < -0.4 is 10.6 Å². The summed E-state index contributed by atoms with van der Waals surface area (Å²) in [7, 11) is 0. The second-order valence-electron chi connectivity index (χ2n) is 4.53.